The molecule has 5 nitrogen and oxygen atoms in total. The van der Waals surface area contributed by atoms with Crippen LogP contribution in [0.15, 0.2) is 54.3 Å². The number of phenolic OH excluding ortho intramolecular Hbond substituents is 1. The lowest BCUT2D eigenvalue weighted by molar-refractivity contribution is -0.116. The van der Waals surface area contributed by atoms with E-state index < -0.39 is 0 Å². The Bertz CT molecular complexity index is 854. The molecular weight excluding hydrogens is 326 g/mol. The number of amides is 1. The molecule has 0 fully saturated rings. The van der Waals surface area contributed by atoms with Crippen molar-refractivity contribution in [3.05, 3.63) is 60.0 Å². The lowest BCUT2D eigenvalue weighted by atomic mass is 9.90. The number of nitrogens with zero attached hydrogens (tertiary/aromatic N) is 2. The Morgan fingerprint density at radius 1 is 1.31 bits per heavy atom. The van der Waals surface area contributed by atoms with Crippen LogP contribution in [0.25, 0.3) is 11.3 Å². The molecule has 0 saturated carbocycles. The molecule has 1 aromatic heterocycles. The first-order valence-electron chi connectivity index (χ1n) is 8.81. The zero-order chi connectivity index (χ0) is 18.5. The van der Waals surface area contributed by atoms with Gasteiger partial charge in [-0.3, -0.25) is 4.79 Å². The lowest BCUT2D eigenvalue weighted by Gasteiger charge is -2.17. The second kappa shape index (κ2) is 7.95. The second-order valence-electron chi connectivity index (χ2n) is 6.59. The summed E-state index contributed by atoms with van der Waals surface area (Å²) in [6, 6.07) is 6.78. The fourth-order valence-electron chi connectivity index (χ4n) is 2.95. The van der Waals surface area contributed by atoms with Crippen molar-refractivity contribution in [3.8, 4) is 17.0 Å². The standard InChI is InChI=1S/C21H23N3O2/c1-14-5-3-4-6-16(14)9-12-20(26)24-21-15(2)23-19(13-22-21)17-7-10-18(25)11-8-17/h3-4,6-8,10-11,13-14,25H,5,9,12H2,1-2H3,(H,22,24,26). The maximum Gasteiger partial charge on any atom is 0.225 e. The molecule has 1 heterocycles. The fourth-order valence-corrected chi connectivity index (χ4v) is 2.95. The number of carbonyl (C=O) groups is 1. The predicted octanol–water partition coefficient (Wildman–Crippen LogP) is 4.40. The number of allylic oxidation sites excluding steroid dienone is 4. The summed E-state index contributed by atoms with van der Waals surface area (Å²) in [5.74, 6) is 1.14. The molecule has 26 heavy (non-hydrogen) atoms. The van der Waals surface area contributed by atoms with Gasteiger partial charge in [-0.15, -0.1) is 0 Å². The third-order valence-electron chi connectivity index (χ3n) is 4.58. The van der Waals surface area contributed by atoms with Gasteiger partial charge in [-0.1, -0.05) is 30.7 Å². The monoisotopic (exact) mass is 349 g/mol. The van der Waals surface area contributed by atoms with Crippen molar-refractivity contribution in [2.24, 2.45) is 5.92 Å². The number of phenols is 1. The van der Waals surface area contributed by atoms with Gasteiger partial charge in [0.05, 0.1) is 17.6 Å². The number of aromatic nitrogens is 2. The van der Waals surface area contributed by atoms with E-state index in [1.54, 1.807) is 30.5 Å². The molecule has 5 heteroatoms. The molecule has 3 rings (SSSR count). The van der Waals surface area contributed by atoms with Gasteiger partial charge in [-0.25, -0.2) is 9.97 Å². The molecule has 1 amide bonds. The summed E-state index contributed by atoms with van der Waals surface area (Å²) in [5.41, 5.74) is 3.54. The molecule has 0 saturated heterocycles. The molecule has 1 aliphatic rings. The predicted molar refractivity (Wildman–Crippen MR) is 103 cm³/mol. The minimum atomic E-state index is -0.0533. The minimum Gasteiger partial charge on any atom is -0.508 e. The van der Waals surface area contributed by atoms with E-state index in [0.717, 1.165) is 18.4 Å². The third-order valence-corrected chi connectivity index (χ3v) is 4.58. The van der Waals surface area contributed by atoms with Crippen LogP contribution in [0.3, 0.4) is 0 Å². The number of hydrogen-bond acceptors (Lipinski definition) is 4. The van der Waals surface area contributed by atoms with Crippen LogP contribution in [0.4, 0.5) is 5.82 Å². The molecule has 0 radical (unpaired) electrons. The lowest BCUT2D eigenvalue weighted by Crippen LogP contribution is -2.15. The van der Waals surface area contributed by atoms with Crippen LogP contribution >= 0.6 is 0 Å². The van der Waals surface area contributed by atoms with Crippen LogP contribution in [-0.4, -0.2) is 21.0 Å². The summed E-state index contributed by atoms with van der Waals surface area (Å²) in [4.78, 5) is 21.1. The quantitative estimate of drug-likeness (QED) is 0.839. The van der Waals surface area contributed by atoms with Crippen LogP contribution in [0.2, 0.25) is 0 Å². The zero-order valence-electron chi connectivity index (χ0n) is 15.1. The molecule has 0 aliphatic heterocycles. The van der Waals surface area contributed by atoms with E-state index in [9.17, 15) is 9.90 Å². The van der Waals surface area contributed by atoms with E-state index in [4.69, 9.17) is 0 Å². The van der Waals surface area contributed by atoms with Crippen molar-refractivity contribution in [1.82, 2.24) is 9.97 Å². The average molecular weight is 349 g/mol. The van der Waals surface area contributed by atoms with Crippen molar-refractivity contribution in [1.29, 1.82) is 0 Å². The summed E-state index contributed by atoms with van der Waals surface area (Å²) >= 11 is 0. The van der Waals surface area contributed by atoms with Crippen LogP contribution < -0.4 is 5.32 Å². The first-order valence-corrected chi connectivity index (χ1v) is 8.81. The van der Waals surface area contributed by atoms with E-state index in [0.29, 0.717) is 29.5 Å². The third kappa shape index (κ3) is 4.36. The van der Waals surface area contributed by atoms with Gasteiger partial charge >= 0.3 is 0 Å². The SMILES string of the molecule is Cc1nc(-c2ccc(O)cc2)cnc1NC(=O)CCC1=CC=CCC1C. The normalized spacial score (nSPS) is 16.2. The summed E-state index contributed by atoms with van der Waals surface area (Å²) in [6.07, 6.45) is 10.2. The molecule has 1 unspecified atom stereocenters. The van der Waals surface area contributed by atoms with E-state index in [2.05, 4.69) is 40.4 Å². The number of benzene rings is 1. The number of hydrogen-bond donors (Lipinski definition) is 2. The van der Waals surface area contributed by atoms with Crippen LogP contribution in [0.1, 0.15) is 31.9 Å². The number of aromatic hydroxyl groups is 1. The van der Waals surface area contributed by atoms with Gasteiger partial charge in [0.2, 0.25) is 5.91 Å². The minimum absolute atomic E-state index is 0.0533. The molecular formula is C21H23N3O2. The summed E-state index contributed by atoms with van der Waals surface area (Å²) in [6.45, 7) is 4.01. The van der Waals surface area contributed by atoms with Gasteiger partial charge in [0.1, 0.15) is 5.75 Å². The Balaban J connectivity index is 1.62. The van der Waals surface area contributed by atoms with Gasteiger partial charge in [-0.2, -0.15) is 0 Å². The maximum absolute atomic E-state index is 12.3. The van der Waals surface area contributed by atoms with Crippen LogP contribution in [0, 0.1) is 12.8 Å². The molecule has 2 N–H and O–H groups in total. The first kappa shape index (κ1) is 17.9. The molecule has 1 aromatic carbocycles. The van der Waals surface area contributed by atoms with Crippen molar-refractivity contribution in [3.63, 3.8) is 0 Å². The number of anilines is 1. The van der Waals surface area contributed by atoms with Gasteiger partial charge in [-0.05, 0) is 49.9 Å². The highest BCUT2D eigenvalue weighted by Crippen LogP contribution is 2.24. The van der Waals surface area contributed by atoms with Crippen molar-refractivity contribution >= 4 is 11.7 Å². The van der Waals surface area contributed by atoms with Crippen molar-refractivity contribution < 1.29 is 9.90 Å². The number of carbonyl (C=O) groups excluding carboxylic acids is 1. The molecule has 1 aliphatic carbocycles. The second-order valence-corrected chi connectivity index (χ2v) is 6.59. The van der Waals surface area contributed by atoms with Gasteiger partial charge in [0, 0.05) is 12.0 Å². The molecule has 0 spiro atoms. The Kier molecular flexibility index (Phi) is 5.46. The number of rotatable bonds is 5. The van der Waals surface area contributed by atoms with Crippen LogP contribution in [0.5, 0.6) is 5.75 Å². The highest BCUT2D eigenvalue weighted by molar-refractivity contribution is 5.90. The van der Waals surface area contributed by atoms with Gasteiger partial charge in [0.15, 0.2) is 5.82 Å². The van der Waals surface area contributed by atoms with Gasteiger partial charge in [0.25, 0.3) is 0 Å². The Labute approximate surface area is 153 Å². The summed E-state index contributed by atoms with van der Waals surface area (Å²) in [7, 11) is 0. The van der Waals surface area contributed by atoms with Crippen molar-refractivity contribution in [2.75, 3.05) is 5.32 Å². The molecule has 2 aromatic rings. The van der Waals surface area contributed by atoms with E-state index in [-0.39, 0.29) is 11.7 Å². The Hall–Kier alpha value is -2.95. The molecule has 1 atom stereocenters. The highest BCUT2D eigenvalue weighted by Gasteiger charge is 2.13. The molecule has 134 valence electrons. The summed E-state index contributed by atoms with van der Waals surface area (Å²) < 4.78 is 0. The largest absolute Gasteiger partial charge is 0.508 e. The van der Waals surface area contributed by atoms with Gasteiger partial charge < -0.3 is 10.4 Å². The van der Waals surface area contributed by atoms with Crippen molar-refractivity contribution in [2.45, 2.75) is 33.1 Å². The smallest absolute Gasteiger partial charge is 0.225 e. The maximum atomic E-state index is 12.3. The Morgan fingerprint density at radius 2 is 2.08 bits per heavy atom. The Morgan fingerprint density at radius 3 is 2.77 bits per heavy atom. The van der Waals surface area contributed by atoms with Crippen LogP contribution in [-0.2, 0) is 4.79 Å². The van der Waals surface area contributed by atoms with E-state index >= 15 is 0 Å². The topological polar surface area (TPSA) is 75.1 Å². The fraction of sp³-hybridized carbons (Fsp3) is 0.286. The molecule has 0 bridgehead atoms. The first-order chi connectivity index (χ1) is 12.5. The highest BCUT2D eigenvalue weighted by atomic mass is 16.3. The summed E-state index contributed by atoms with van der Waals surface area (Å²) in [5, 5.41) is 12.2. The van der Waals surface area contributed by atoms with E-state index in [1.807, 2.05) is 6.92 Å². The number of nitrogens with one attached hydrogen (secondary N) is 1. The number of aryl methyl sites for hydroxylation is 1. The van der Waals surface area contributed by atoms with E-state index in [1.165, 1.54) is 5.57 Å². The average Bonchev–Trinajstić information content (AvgIpc) is 2.63. The zero-order valence-corrected chi connectivity index (χ0v) is 15.1.